The van der Waals surface area contributed by atoms with Crippen molar-refractivity contribution in [1.29, 1.82) is 0 Å². The van der Waals surface area contributed by atoms with Gasteiger partial charge in [0.15, 0.2) is 0 Å². The monoisotopic (exact) mass is 426 g/mol. The SMILES string of the molecule is O=C(Nc1ccccc1C(=O)N1CCCC1)c1ccc(S(=O)(=O)C(F)(F)F)cc1. The highest BCUT2D eigenvalue weighted by Crippen LogP contribution is 2.30. The van der Waals surface area contributed by atoms with Gasteiger partial charge in [-0.15, -0.1) is 0 Å². The summed E-state index contributed by atoms with van der Waals surface area (Å²) < 4.78 is 60.6. The summed E-state index contributed by atoms with van der Waals surface area (Å²) in [5.41, 5.74) is -4.90. The average Bonchev–Trinajstić information content (AvgIpc) is 3.22. The average molecular weight is 426 g/mol. The molecule has 0 unspecified atom stereocenters. The van der Waals surface area contributed by atoms with E-state index in [2.05, 4.69) is 5.32 Å². The number of sulfone groups is 1. The molecular weight excluding hydrogens is 409 g/mol. The van der Waals surface area contributed by atoms with Crippen LogP contribution in [0.3, 0.4) is 0 Å². The van der Waals surface area contributed by atoms with E-state index >= 15 is 0 Å². The highest BCUT2D eigenvalue weighted by atomic mass is 32.2. The number of carbonyl (C=O) groups is 2. The number of para-hydroxylation sites is 1. The first-order valence-corrected chi connectivity index (χ1v) is 10.2. The van der Waals surface area contributed by atoms with E-state index in [4.69, 9.17) is 0 Å². The zero-order chi connectivity index (χ0) is 21.2. The number of rotatable bonds is 4. The van der Waals surface area contributed by atoms with Crippen molar-refractivity contribution in [3.05, 3.63) is 59.7 Å². The van der Waals surface area contributed by atoms with Crippen LogP contribution in [-0.4, -0.2) is 43.7 Å². The van der Waals surface area contributed by atoms with Gasteiger partial charge in [0.25, 0.3) is 21.7 Å². The number of alkyl halides is 3. The maximum absolute atomic E-state index is 12.6. The number of nitrogens with one attached hydrogen (secondary N) is 1. The predicted molar refractivity (Wildman–Crippen MR) is 99.2 cm³/mol. The minimum absolute atomic E-state index is 0.0467. The van der Waals surface area contributed by atoms with Gasteiger partial charge in [0.2, 0.25) is 0 Å². The molecule has 2 aromatic rings. The summed E-state index contributed by atoms with van der Waals surface area (Å²) in [6.45, 7) is 1.27. The lowest BCUT2D eigenvalue weighted by Gasteiger charge is -2.18. The van der Waals surface area contributed by atoms with Crippen LogP contribution in [0.25, 0.3) is 0 Å². The molecule has 154 valence electrons. The number of likely N-dealkylation sites (tertiary alicyclic amines) is 1. The lowest BCUT2D eigenvalue weighted by atomic mass is 10.1. The van der Waals surface area contributed by atoms with Gasteiger partial charge in [-0.1, -0.05) is 12.1 Å². The van der Waals surface area contributed by atoms with E-state index in [0.717, 1.165) is 37.1 Å². The van der Waals surface area contributed by atoms with Crippen molar-refractivity contribution in [1.82, 2.24) is 4.90 Å². The Morgan fingerprint density at radius 2 is 1.52 bits per heavy atom. The Labute approximate surface area is 165 Å². The quantitative estimate of drug-likeness (QED) is 0.812. The third-order valence-electron chi connectivity index (χ3n) is 4.53. The Hall–Kier alpha value is -2.88. The Kier molecular flexibility index (Phi) is 5.65. The van der Waals surface area contributed by atoms with Crippen LogP contribution in [0.1, 0.15) is 33.6 Å². The van der Waals surface area contributed by atoms with E-state index in [1.807, 2.05) is 0 Å². The highest BCUT2D eigenvalue weighted by molar-refractivity contribution is 7.92. The van der Waals surface area contributed by atoms with Gasteiger partial charge < -0.3 is 10.2 Å². The molecular formula is C19H17F3N2O4S. The van der Waals surface area contributed by atoms with Crippen LogP contribution in [-0.2, 0) is 9.84 Å². The van der Waals surface area contributed by atoms with E-state index in [1.54, 1.807) is 29.2 Å². The van der Waals surface area contributed by atoms with Crippen molar-refractivity contribution >= 4 is 27.3 Å². The molecule has 0 atom stereocenters. The molecule has 10 heteroatoms. The summed E-state index contributed by atoms with van der Waals surface area (Å²) in [7, 11) is -5.49. The van der Waals surface area contributed by atoms with Crippen molar-refractivity contribution in [2.75, 3.05) is 18.4 Å². The molecule has 0 aliphatic carbocycles. The number of anilines is 1. The van der Waals surface area contributed by atoms with E-state index < -0.39 is 26.1 Å². The molecule has 0 aromatic heterocycles. The number of halogens is 3. The molecule has 0 radical (unpaired) electrons. The molecule has 6 nitrogen and oxygen atoms in total. The van der Waals surface area contributed by atoms with Crippen LogP contribution >= 0.6 is 0 Å². The van der Waals surface area contributed by atoms with Crippen molar-refractivity contribution in [2.45, 2.75) is 23.2 Å². The summed E-state index contributed by atoms with van der Waals surface area (Å²) in [6.07, 6.45) is 1.82. The Balaban J connectivity index is 1.80. The van der Waals surface area contributed by atoms with Crippen LogP contribution in [0.5, 0.6) is 0 Å². The first-order chi connectivity index (χ1) is 13.6. The summed E-state index contributed by atoms with van der Waals surface area (Å²) in [5.74, 6) is -0.896. The number of benzene rings is 2. The summed E-state index contributed by atoms with van der Waals surface area (Å²) in [4.78, 5) is 25.8. The summed E-state index contributed by atoms with van der Waals surface area (Å²) in [5, 5.41) is 2.56. The van der Waals surface area contributed by atoms with Gasteiger partial charge in [-0.2, -0.15) is 13.2 Å². The Bertz CT molecular complexity index is 1030. The molecule has 0 saturated carbocycles. The zero-order valence-corrected chi connectivity index (χ0v) is 15.9. The van der Waals surface area contributed by atoms with Crippen molar-refractivity contribution in [3.63, 3.8) is 0 Å². The topological polar surface area (TPSA) is 83.6 Å². The number of nitrogens with zero attached hydrogens (tertiary/aromatic N) is 1. The van der Waals surface area contributed by atoms with Crippen molar-refractivity contribution in [2.24, 2.45) is 0 Å². The molecule has 1 aliphatic heterocycles. The lowest BCUT2D eigenvalue weighted by molar-refractivity contribution is -0.0436. The van der Waals surface area contributed by atoms with Crippen LogP contribution in [0.4, 0.5) is 18.9 Å². The number of hydrogen-bond acceptors (Lipinski definition) is 4. The standard InChI is InChI=1S/C19H17F3N2O4S/c20-19(21,22)29(27,28)14-9-7-13(8-10-14)17(25)23-16-6-2-1-5-15(16)18(26)24-11-3-4-12-24/h1-2,5-10H,3-4,11-12H2,(H,23,25). The normalized spacial score (nSPS) is 14.7. The number of carbonyl (C=O) groups excluding carboxylic acids is 2. The van der Waals surface area contributed by atoms with E-state index in [1.165, 1.54) is 0 Å². The minimum Gasteiger partial charge on any atom is -0.339 e. The zero-order valence-electron chi connectivity index (χ0n) is 15.1. The molecule has 1 saturated heterocycles. The number of hydrogen-bond donors (Lipinski definition) is 1. The minimum atomic E-state index is -5.49. The largest absolute Gasteiger partial charge is 0.501 e. The fourth-order valence-electron chi connectivity index (χ4n) is 2.98. The first kappa shape index (κ1) is 20.8. The second-order valence-corrected chi connectivity index (χ2v) is 8.41. The third-order valence-corrected chi connectivity index (χ3v) is 6.03. The summed E-state index contributed by atoms with van der Waals surface area (Å²) >= 11 is 0. The fourth-order valence-corrected chi connectivity index (χ4v) is 3.74. The molecule has 2 aromatic carbocycles. The highest BCUT2D eigenvalue weighted by Gasteiger charge is 2.46. The van der Waals surface area contributed by atoms with Crippen molar-refractivity contribution < 1.29 is 31.2 Å². The van der Waals surface area contributed by atoms with Crippen LogP contribution < -0.4 is 5.32 Å². The van der Waals surface area contributed by atoms with Gasteiger partial charge in [0.05, 0.1) is 16.1 Å². The Morgan fingerprint density at radius 3 is 2.10 bits per heavy atom. The maximum atomic E-state index is 12.6. The van der Waals surface area contributed by atoms with Gasteiger partial charge >= 0.3 is 5.51 Å². The third kappa shape index (κ3) is 4.26. The van der Waals surface area contributed by atoms with Gasteiger partial charge in [0, 0.05) is 18.7 Å². The second-order valence-electron chi connectivity index (χ2n) is 6.47. The molecule has 1 fully saturated rings. The lowest BCUT2D eigenvalue weighted by Crippen LogP contribution is -2.28. The van der Waals surface area contributed by atoms with E-state index in [9.17, 15) is 31.2 Å². The predicted octanol–water partition coefficient (Wildman–Crippen LogP) is 3.47. The number of amides is 2. The first-order valence-electron chi connectivity index (χ1n) is 8.72. The molecule has 0 bridgehead atoms. The molecule has 3 rings (SSSR count). The molecule has 29 heavy (non-hydrogen) atoms. The van der Waals surface area contributed by atoms with Crippen LogP contribution in [0, 0.1) is 0 Å². The van der Waals surface area contributed by atoms with Gasteiger partial charge in [-0.05, 0) is 49.2 Å². The summed E-state index contributed by atoms with van der Waals surface area (Å²) in [6, 6.07) is 9.83. The molecule has 1 heterocycles. The molecule has 1 N–H and O–H groups in total. The van der Waals surface area contributed by atoms with E-state index in [-0.39, 0.29) is 17.2 Å². The van der Waals surface area contributed by atoms with Gasteiger partial charge in [-0.3, -0.25) is 9.59 Å². The molecule has 0 spiro atoms. The Morgan fingerprint density at radius 1 is 0.931 bits per heavy atom. The fraction of sp³-hybridized carbons (Fsp3) is 0.263. The van der Waals surface area contributed by atoms with Gasteiger partial charge in [0.1, 0.15) is 0 Å². The van der Waals surface area contributed by atoms with Gasteiger partial charge in [-0.25, -0.2) is 8.42 Å². The molecule has 2 amide bonds. The van der Waals surface area contributed by atoms with Crippen LogP contribution in [0.2, 0.25) is 0 Å². The van der Waals surface area contributed by atoms with Crippen LogP contribution in [0.15, 0.2) is 53.4 Å². The maximum Gasteiger partial charge on any atom is 0.501 e. The van der Waals surface area contributed by atoms with E-state index in [0.29, 0.717) is 18.7 Å². The molecule has 1 aliphatic rings. The van der Waals surface area contributed by atoms with Crippen molar-refractivity contribution in [3.8, 4) is 0 Å². The smallest absolute Gasteiger partial charge is 0.339 e. The second kappa shape index (κ2) is 7.86.